The van der Waals surface area contributed by atoms with Crippen LogP contribution in [0, 0.1) is 0 Å². The Morgan fingerprint density at radius 1 is 0.950 bits per heavy atom. The Kier molecular flexibility index (Phi) is 2.23. The van der Waals surface area contributed by atoms with Crippen LogP contribution in [0.25, 0.3) is 33.1 Å². The van der Waals surface area contributed by atoms with Gasteiger partial charge in [0.2, 0.25) is 5.43 Å². The summed E-state index contributed by atoms with van der Waals surface area (Å²) in [6.07, 6.45) is 1.48. The third-order valence-electron chi connectivity index (χ3n) is 3.41. The van der Waals surface area contributed by atoms with Crippen molar-refractivity contribution in [2.24, 2.45) is 0 Å². The van der Waals surface area contributed by atoms with Gasteiger partial charge < -0.3 is 4.42 Å². The first kappa shape index (κ1) is 11.0. The highest BCUT2D eigenvalue weighted by molar-refractivity contribution is 5.94. The molecule has 0 amide bonds. The number of fused-ring (bicyclic) bond motifs is 2. The third-order valence-corrected chi connectivity index (χ3v) is 3.41. The summed E-state index contributed by atoms with van der Waals surface area (Å²) in [4.78, 5) is 12.6. The molecule has 0 aliphatic heterocycles. The predicted molar refractivity (Wildman–Crippen MR) is 77.6 cm³/mol. The lowest BCUT2D eigenvalue weighted by molar-refractivity contribution is 0.604. The SMILES string of the molecule is O=c1c(-c2n[nH]c3ccccc23)coc2ccccc12. The van der Waals surface area contributed by atoms with E-state index in [-0.39, 0.29) is 5.43 Å². The van der Waals surface area contributed by atoms with Crippen molar-refractivity contribution in [3.8, 4) is 11.3 Å². The predicted octanol–water partition coefficient (Wildman–Crippen LogP) is 3.34. The average Bonchev–Trinajstić information content (AvgIpc) is 2.92. The lowest BCUT2D eigenvalue weighted by Gasteiger charge is -2.00. The van der Waals surface area contributed by atoms with Crippen molar-refractivity contribution in [2.75, 3.05) is 0 Å². The highest BCUT2D eigenvalue weighted by Crippen LogP contribution is 2.25. The van der Waals surface area contributed by atoms with E-state index in [1.807, 2.05) is 36.4 Å². The standard InChI is InChI=1S/C16H10N2O2/c19-16-11-6-2-4-8-14(11)20-9-12(16)15-10-5-1-3-7-13(10)17-18-15/h1-9H,(H,17,18). The van der Waals surface area contributed by atoms with Crippen molar-refractivity contribution in [2.45, 2.75) is 0 Å². The van der Waals surface area contributed by atoms with Gasteiger partial charge in [0.25, 0.3) is 0 Å². The maximum atomic E-state index is 12.6. The molecule has 0 fully saturated rings. The first-order valence-corrected chi connectivity index (χ1v) is 6.28. The molecule has 0 aliphatic rings. The van der Waals surface area contributed by atoms with E-state index in [2.05, 4.69) is 10.2 Å². The van der Waals surface area contributed by atoms with Gasteiger partial charge in [-0.1, -0.05) is 30.3 Å². The summed E-state index contributed by atoms with van der Waals surface area (Å²) in [6, 6.07) is 14.9. The van der Waals surface area contributed by atoms with Gasteiger partial charge in [0.15, 0.2) is 0 Å². The molecular formula is C16H10N2O2. The Hall–Kier alpha value is -2.88. The van der Waals surface area contributed by atoms with Crippen molar-refractivity contribution in [1.29, 1.82) is 0 Å². The van der Waals surface area contributed by atoms with Gasteiger partial charge in [0.05, 0.1) is 16.5 Å². The van der Waals surface area contributed by atoms with Gasteiger partial charge in [0.1, 0.15) is 17.5 Å². The minimum absolute atomic E-state index is 0.0656. The molecule has 0 atom stereocenters. The molecule has 2 heterocycles. The third kappa shape index (κ3) is 1.48. The van der Waals surface area contributed by atoms with Crippen molar-refractivity contribution >= 4 is 21.9 Å². The number of hydrogen-bond donors (Lipinski definition) is 1. The van der Waals surface area contributed by atoms with E-state index in [0.29, 0.717) is 22.2 Å². The van der Waals surface area contributed by atoms with Gasteiger partial charge in [-0.2, -0.15) is 5.10 Å². The molecule has 0 radical (unpaired) electrons. The molecule has 20 heavy (non-hydrogen) atoms. The molecule has 4 rings (SSSR count). The normalized spacial score (nSPS) is 11.2. The first-order valence-electron chi connectivity index (χ1n) is 6.28. The summed E-state index contributed by atoms with van der Waals surface area (Å²) in [5.41, 5.74) is 2.52. The molecule has 0 spiro atoms. The molecule has 2 aromatic carbocycles. The summed E-state index contributed by atoms with van der Waals surface area (Å²) in [7, 11) is 0. The molecule has 2 aromatic heterocycles. The van der Waals surface area contributed by atoms with Crippen molar-refractivity contribution in [3.63, 3.8) is 0 Å². The molecule has 0 bridgehead atoms. The Morgan fingerprint density at radius 2 is 1.70 bits per heavy atom. The summed E-state index contributed by atoms with van der Waals surface area (Å²) >= 11 is 0. The summed E-state index contributed by atoms with van der Waals surface area (Å²) in [5.74, 6) is 0. The number of hydrogen-bond acceptors (Lipinski definition) is 3. The monoisotopic (exact) mass is 262 g/mol. The van der Waals surface area contributed by atoms with Gasteiger partial charge >= 0.3 is 0 Å². The van der Waals surface area contributed by atoms with Crippen LogP contribution < -0.4 is 5.43 Å². The minimum atomic E-state index is -0.0656. The van der Waals surface area contributed by atoms with E-state index in [4.69, 9.17) is 4.42 Å². The Bertz CT molecular complexity index is 982. The molecular weight excluding hydrogens is 252 g/mol. The minimum Gasteiger partial charge on any atom is -0.463 e. The van der Waals surface area contributed by atoms with Crippen LogP contribution in [0.3, 0.4) is 0 Å². The molecule has 4 nitrogen and oxygen atoms in total. The number of benzene rings is 2. The number of aromatic nitrogens is 2. The summed E-state index contributed by atoms with van der Waals surface area (Å²) < 4.78 is 5.54. The maximum Gasteiger partial charge on any atom is 0.202 e. The Balaban J connectivity index is 2.08. The lowest BCUT2D eigenvalue weighted by Crippen LogP contribution is -2.04. The van der Waals surface area contributed by atoms with Crippen LogP contribution in [0.15, 0.2) is 64.0 Å². The van der Waals surface area contributed by atoms with Crippen LogP contribution in [0.2, 0.25) is 0 Å². The molecule has 0 saturated carbocycles. The van der Waals surface area contributed by atoms with Gasteiger partial charge in [-0.3, -0.25) is 9.89 Å². The number of nitrogens with zero attached hydrogens (tertiary/aromatic N) is 1. The van der Waals surface area contributed by atoms with Gasteiger partial charge in [0, 0.05) is 5.39 Å². The molecule has 0 saturated heterocycles. The Labute approximate surface area is 113 Å². The fraction of sp³-hybridized carbons (Fsp3) is 0. The highest BCUT2D eigenvalue weighted by atomic mass is 16.3. The smallest absolute Gasteiger partial charge is 0.202 e. The maximum absolute atomic E-state index is 12.6. The topological polar surface area (TPSA) is 58.9 Å². The number of aromatic amines is 1. The number of H-pyrrole nitrogens is 1. The van der Waals surface area contributed by atoms with E-state index in [1.165, 1.54) is 6.26 Å². The fourth-order valence-electron chi connectivity index (χ4n) is 2.41. The van der Waals surface area contributed by atoms with Crippen LogP contribution in [-0.4, -0.2) is 10.2 Å². The number of rotatable bonds is 1. The van der Waals surface area contributed by atoms with Gasteiger partial charge in [-0.15, -0.1) is 0 Å². The quantitative estimate of drug-likeness (QED) is 0.572. The van der Waals surface area contributed by atoms with Crippen LogP contribution in [0.1, 0.15) is 0 Å². The van der Waals surface area contributed by atoms with Crippen LogP contribution in [-0.2, 0) is 0 Å². The molecule has 1 N–H and O–H groups in total. The molecule has 96 valence electrons. The second-order valence-corrected chi connectivity index (χ2v) is 4.59. The number of nitrogens with one attached hydrogen (secondary N) is 1. The molecule has 4 heteroatoms. The van der Waals surface area contributed by atoms with Crippen molar-refractivity contribution in [1.82, 2.24) is 10.2 Å². The zero-order chi connectivity index (χ0) is 13.5. The second-order valence-electron chi connectivity index (χ2n) is 4.59. The fourth-order valence-corrected chi connectivity index (χ4v) is 2.41. The van der Waals surface area contributed by atoms with Gasteiger partial charge in [-0.25, -0.2) is 0 Å². The number of para-hydroxylation sites is 2. The van der Waals surface area contributed by atoms with E-state index < -0.39 is 0 Å². The lowest BCUT2D eigenvalue weighted by atomic mass is 10.1. The molecule has 0 aliphatic carbocycles. The summed E-state index contributed by atoms with van der Waals surface area (Å²) in [5, 5.41) is 8.66. The second kappa shape index (κ2) is 4.06. The van der Waals surface area contributed by atoms with Crippen LogP contribution in [0.4, 0.5) is 0 Å². The molecule has 0 unspecified atom stereocenters. The van der Waals surface area contributed by atoms with Crippen LogP contribution >= 0.6 is 0 Å². The van der Waals surface area contributed by atoms with E-state index in [1.54, 1.807) is 12.1 Å². The largest absolute Gasteiger partial charge is 0.463 e. The first-order chi connectivity index (χ1) is 9.84. The average molecular weight is 262 g/mol. The van der Waals surface area contributed by atoms with Crippen LogP contribution in [0.5, 0.6) is 0 Å². The highest BCUT2D eigenvalue weighted by Gasteiger charge is 2.13. The van der Waals surface area contributed by atoms with E-state index in [0.717, 1.165) is 10.9 Å². The zero-order valence-electron chi connectivity index (χ0n) is 10.5. The van der Waals surface area contributed by atoms with E-state index >= 15 is 0 Å². The van der Waals surface area contributed by atoms with Gasteiger partial charge in [-0.05, 0) is 18.2 Å². The van der Waals surface area contributed by atoms with Crippen molar-refractivity contribution in [3.05, 3.63) is 65.0 Å². The summed E-state index contributed by atoms with van der Waals surface area (Å²) in [6.45, 7) is 0. The van der Waals surface area contributed by atoms with E-state index in [9.17, 15) is 4.79 Å². The Morgan fingerprint density at radius 3 is 2.60 bits per heavy atom. The molecule has 4 aromatic rings. The zero-order valence-corrected chi connectivity index (χ0v) is 10.5. The van der Waals surface area contributed by atoms with Crippen molar-refractivity contribution < 1.29 is 4.42 Å².